The van der Waals surface area contributed by atoms with Crippen molar-refractivity contribution in [1.82, 2.24) is 4.31 Å². The quantitative estimate of drug-likeness (QED) is 0.371. The van der Waals surface area contributed by atoms with E-state index < -0.39 is 33.4 Å². The summed E-state index contributed by atoms with van der Waals surface area (Å²) < 4.78 is 36.6. The number of sulfonamides is 1. The average molecular weight is 463 g/mol. The lowest BCUT2D eigenvalue weighted by molar-refractivity contribution is -0.385. The SMILES string of the molecule is Cc1c(NC(=O)COC(=O)c2ccc(S(=O)(=O)N3CCOCC3)cc2)cccc1[N+](=O)[O-]. The van der Waals surface area contributed by atoms with Gasteiger partial charge in [0.1, 0.15) is 0 Å². The van der Waals surface area contributed by atoms with Crippen molar-refractivity contribution in [2.24, 2.45) is 0 Å². The first kappa shape index (κ1) is 23.3. The maximum Gasteiger partial charge on any atom is 0.338 e. The van der Waals surface area contributed by atoms with E-state index in [-0.39, 0.29) is 40.5 Å². The van der Waals surface area contributed by atoms with E-state index in [1.165, 1.54) is 53.7 Å². The molecule has 1 N–H and O–H groups in total. The minimum Gasteiger partial charge on any atom is -0.452 e. The summed E-state index contributed by atoms with van der Waals surface area (Å²) in [6.45, 7) is 2.03. The van der Waals surface area contributed by atoms with Gasteiger partial charge in [-0.1, -0.05) is 6.07 Å². The molecule has 1 saturated heterocycles. The number of benzene rings is 2. The van der Waals surface area contributed by atoms with Crippen molar-refractivity contribution in [2.75, 3.05) is 38.2 Å². The monoisotopic (exact) mass is 463 g/mol. The fourth-order valence-corrected chi connectivity index (χ4v) is 4.46. The van der Waals surface area contributed by atoms with Crippen LogP contribution in [0.2, 0.25) is 0 Å². The highest BCUT2D eigenvalue weighted by Gasteiger charge is 2.26. The number of hydrogen-bond acceptors (Lipinski definition) is 8. The van der Waals surface area contributed by atoms with Crippen molar-refractivity contribution in [2.45, 2.75) is 11.8 Å². The van der Waals surface area contributed by atoms with E-state index in [0.717, 1.165) is 0 Å². The Hall–Kier alpha value is -3.35. The second-order valence-corrected chi connectivity index (χ2v) is 8.81. The van der Waals surface area contributed by atoms with Gasteiger partial charge in [0, 0.05) is 19.2 Å². The van der Waals surface area contributed by atoms with Crippen LogP contribution < -0.4 is 5.32 Å². The molecule has 0 spiro atoms. The fraction of sp³-hybridized carbons (Fsp3) is 0.300. The molecule has 0 bridgehead atoms. The number of carbonyl (C=O) groups excluding carboxylic acids is 2. The van der Waals surface area contributed by atoms with Crippen molar-refractivity contribution in [3.8, 4) is 0 Å². The van der Waals surface area contributed by atoms with Gasteiger partial charge in [-0.05, 0) is 37.3 Å². The van der Waals surface area contributed by atoms with Gasteiger partial charge in [0.25, 0.3) is 11.6 Å². The summed E-state index contributed by atoms with van der Waals surface area (Å²) in [5.74, 6) is -1.49. The van der Waals surface area contributed by atoms with E-state index in [1.807, 2.05) is 0 Å². The first-order chi connectivity index (χ1) is 15.2. The average Bonchev–Trinajstić information content (AvgIpc) is 2.79. The number of rotatable bonds is 7. The first-order valence-electron chi connectivity index (χ1n) is 9.59. The van der Waals surface area contributed by atoms with E-state index in [4.69, 9.17) is 9.47 Å². The topological polar surface area (TPSA) is 145 Å². The van der Waals surface area contributed by atoms with Gasteiger partial charge >= 0.3 is 5.97 Å². The normalized spacial score (nSPS) is 14.5. The second kappa shape index (κ2) is 9.85. The summed E-state index contributed by atoms with van der Waals surface area (Å²) in [5.41, 5.74) is 0.435. The maximum absolute atomic E-state index is 12.6. The number of nitro groups is 1. The maximum atomic E-state index is 12.6. The number of nitrogens with one attached hydrogen (secondary N) is 1. The van der Waals surface area contributed by atoms with Crippen LogP contribution in [0.1, 0.15) is 15.9 Å². The largest absolute Gasteiger partial charge is 0.452 e. The van der Waals surface area contributed by atoms with Gasteiger partial charge in [0.15, 0.2) is 6.61 Å². The van der Waals surface area contributed by atoms with E-state index in [9.17, 15) is 28.1 Å². The zero-order chi connectivity index (χ0) is 23.3. The van der Waals surface area contributed by atoms with Gasteiger partial charge in [-0.3, -0.25) is 14.9 Å². The zero-order valence-corrected chi connectivity index (χ0v) is 18.0. The number of hydrogen-bond donors (Lipinski definition) is 1. The molecule has 11 nitrogen and oxygen atoms in total. The number of esters is 1. The Morgan fingerprint density at radius 1 is 1.16 bits per heavy atom. The number of ether oxygens (including phenoxy) is 2. The first-order valence-corrected chi connectivity index (χ1v) is 11.0. The van der Waals surface area contributed by atoms with Crippen LogP contribution >= 0.6 is 0 Å². The molecule has 0 aromatic heterocycles. The number of nitrogens with zero attached hydrogens (tertiary/aromatic N) is 2. The lowest BCUT2D eigenvalue weighted by atomic mass is 10.1. The molecule has 2 aromatic rings. The third kappa shape index (κ3) is 5.28. The molecule has 0 saturated carbocycles. The molecule has 12 heteroatoms. The fourth-order valence-electron chi connectivity index (χ4n) is 3.06. The summed E-state index contributed by atoms with van der Waals surface area (Å²) in [6.07, 6.45) is 0. The highest BCUT2D eigenvalue weighted by Crippen LogP contribution is 2.25. The second-order valence-electron chi connectivity index (χ2n) is 6.87. The molecule has 1 fully saturated rings. The van der Waals surface area contributed by atoms with Crippen molar-refractivity contribution >= 4 is 33.3 Å². The molecule has 1 aliphatic heterocycles. The van der Waals surface area contributed by atoms with Crippen LogP contribution in [-0.4, -0.2) is 62.4 Å². The Morgan fingerprint density at radius 3 is 2.44 bits per heavy atom. The highest BCUT2D eigenvalue weighted by molar-refractivity contribution is 7.89. The van der Waals surface area contributed by atoms with E-state index in [1.54, 1.807) is 0 Å². The minimum absolute atomic E-state index is 0.0369. The third-order valence-corrected chi connectivity index (χ3v) is 6.72. The Morgan fingerprint density at radius 2 is 1.81 bits per heavy atom. The van der Waals surface area contributed by atoms with E-state index in [0.29, 0.717) is 13.2 Å². The summed E-state index contributed by atoms with van der Waals surface area (Å²) in [6, 6.07) is 9.45. The van der Waals surface area contributed by atoms with Crippen LogP contribution in [0.25, 0.3) is 0 Å². The Labute approximate surface area is 184 Å². The van der Waals surface area contributed by atoms with Crippen LogP contribution in [0.5, 0.6) is 0 Å². The molecule has 1 heterocycles. The molecule has 170 valence electrons. The lowest BCUT2D eigenvalue weighted by Gasteiger charge is -2.26. The van der Waals surface area contributed by atoms with Gasteiger partial charge in [0.2, 0.25) is 10.0 Å². The van der Waals surface area contributed by atoms with Gasteiger partial charge < -0.3 is 14.8 Å². The van der Waals surface area contributed by atoms with Crippen molar-refractivity contribution in [3.63, 3.8) is 0 Å². The molecule has 1 amide bonds. The van der Waals surface area contributed by atoms with Crippen molar-refractivity contribution in [1.29, 1.82) is 0 Å². The Balaban J connectivity index is 1.59. The number of nitro benzene ring substituents is 1. The van der Waals surface area contributed by atoms with Gasteiger partial charge in [-0.25, -0.2) is 13.2 Å². The summed E-state index contributed by atoms with van der Waals surface area (Å²) >= 11 is 0. The van der Waals surface area contributed by atoms with Crippen molar-refractivity contribution in [3.05, 3.63) is 63.7 Å². The van der Waals surface area contributed by atoms with Crippen molar-refractivity contribution < 1.29 is 32.4 Å². The summed E-state index contributed by atoms with van der Waals surface area (Å²) in [5, 5.41) is 13.4. The standard InChI is InChI=1S/C20H21N3O8S/c1-14-17(3-2-4-18(14)23(26)27)21-19(24)13-31-20(25)15-5-7-16(8-6-15)32(28,29)22-9-11-30-12-10-22/h2-8H,9-13H2,1H3,(H,21,24). The van der Waals surface area contributed by atoms with Crippen LogP contribution in [0.3, 0.4) is 0 Å². The zero-order valence-electron chi connectivity index (χ0n) is 17.1. The minimum atomic E-state index is -3.69. The molecule has 32 heavy (non-hydrogen) atoms. The number of morpholine rings is 1. The smallest absolute Gasteiger partial charge is 0.338 e. The third-order valence-electron chi connectivity index (χ3n) is 4.81. The Kier molecular flexibility index (Phi) is 7.18. The molecular formula is C20H21N3O8S. The predicted molar refractivity (Wildman–Crippen MR) is 113 cm³/mol. The molecule has 1 aliphatic rings. The van der Waals surface area contributed by atoms with Gasteiger partial charge in [0.05, 0.1) is 39.8 Å². The molecule has 0 aliphatic carbocycles. The van der Waals surface area contributed by atoms with Crippen LogP contribution in [-0.2, 0) is 24.3 Å². The summed E-state index contributed by atoms with van der Waals surface area (Å²) in [4.78, 5) is 34.8. The number of amides is 1. The molecule has 3 rings (SSSR count). The number of carbonyl (C=O) groups is 2. The molecule has 0 atom stereocenters. The van der Waals surface area contributed by atoms with Gasteiger partial charge in [-0.15, -0.1) is 0 Å². The molecule has 0 unspecified atom stereocenters. The van der Waals surface area contributed by atoms with Crippen LogP contribution in [0.15, 0.2) is 47.4 Å². The lowest BCUT2D eigenvalue weighted by Crippen LogP contribution is -2.40. The van der Waals surface area contributed by atoms with Gasteiger partial charge in [-0.2, -0.15) is 4.31 Å². The Bertz CT molecular complexity index is 1130. The van der Waals surface area contributed by atoms with Crippen LogP contribution in [0.4, 0.5) is 11.4 Å². The number of anilines is 1. The molecule has 0 radical (unpaired) electrons. The van der Waals surface area contributed by atoms with E-state index in [2.05, 4.69) is 5.32 Å². The predicted octanol–water partition coefficient (Wildman–Crippen LogP) is 1.72. The highest BCUT2D eigenvalue weighted by atomic mass is 32.2. The molecular weight excluding hydrogens is 442 g/mol. The van der Waals surface area contributed by atoms with Crippen LogP contribution in [0, 0.1) is 17.0 Å². The molecule has 2 aromatic carbocycles. The van der Waals surface area contributed by atoms with E-state index >= 15 is 0 Å². The summed E-state index contributed by atoms with van der Waals surface area (Å²) in [7, 11) is -3.69.